The molecule has 2 amide bonds. The second kappa shape index (κ2) is 3.33. The number of primary amides is 1. The van der Waals surface area contributed by atoms with Gasteiger partial charge in [-0.2, -0.15) is 0 Å². The summed E-state index contributed by atoms with van der Waals surface area (Å²) in [5.74, 6) is 0.469. The van der Waals surface area contributed by atoms with Gasteiger partial charge in [0.1, 0.15) is 5.82 Å². The van der Waals surface area contributed by atoms with Crippen LogP contribution in [0.5, 0.6) is 0 Å². The number of amides is 2. The summed E-state index contributed by atoms with van der Waals surface area (Å²) in [5.41, 5.74) is 4.98. The minimum atomic E-state index is -0.604. The predicted molar refractivity (Wildman–Crippen MR) is 54.9 cm³/mol. The van der Waals surface area contributed by atoms with Crippen LogP contribution in [-0.2, 0) is 0 Å². The van der Waals surface area contributed by atoms with Crippen LogP contribution in [0.3, 0.4) is 0 Å². The Bertz CT molecular complexity index is 482. The fourth-order valence-corrected chi connectivity index (χ4v) is 1.28. The average Bonchev–Trinajstić information content (AvgIpc) is 2.17. The fraction of sp³-hybridized carbons (Fsp3) is 0. The number of nitrogens with zero attached hydrogens (tertiary/aromatic N) is 1. The number of nitrogens with two attached hydrogens (primary N) is 1. The van der Waals surface area contributed by atoms with Crippen molar-refractivity contribution in [2.24, 2.45) is 5.73 Å². The largest absolute Gasteiger partial charge is 0.351 e. The quantitative estimate of drug-likeness (QED) is 0.713. The molecule has 0 saturated heterocycles. The molecule has 0 bridgehead atoms. The molecule has 2 rings (SSSR count). The molecule has 0 atom stereocenters. The lowest BCUT2D eigenvalue weighted by Crippen LogP contribution is -2.19. The number of fused-ring (bicyclic) bond motifs is 1. The van der Waals surface area contributed by atoms with Gasteiger partial charge in [0, 0.05) is 11.6 Å². The smallest absolute Gasteiger partial charge is 0.317 e. The molecule has 14 heavy (non-hydrogen) atoms. The van der Waals surface area contributed by atoms with Crippen LogP contribution in [0, 0.1) is 0 Å². The molecule has 0 fully saturated rings. The maximum Gasteiger partial charge on any atom is 0.317 e. The first-order valence-corrected chi connectivity index (χ1v) is 4.17. The van der Waals surface area contributed by atoms with Crippen LogP contribution in [0.2, 0.25) is 0 Å². The molecule has 0 aliphatic heterocycles. The Hall–Kier alpha value is -2.10. The predicted octanol–water partition coefficient (Wildman–Crippen LogP) is 1.73. The second-order valence-electron chi connectivity index (χ2n) is 2.91. The average molecular weight is 187 g/mol. The van der Waals surface area contributed by atoms with Gasteiger partial charge >= 0.3 is 6.03 Å². The molecule has 1 aromatic heterocycles. The summed E-state index contributed by atoms with van der Waals surface area (Å²) >= 11 is 0. The zero-order chi connectivity index (χ0) is 9.97. The number of hydrogen-bond acceptors (Lipinski definition) is 2. The first-order chi connectivity index (χ1) is 6.75. The van der Waals surface area contributed by atoms with Crippen LogP contribution < -0.4 is 11.1 Å². The molecule has 0 saturated carbocycles. The van der Waals surface area contributed by atoms with Crippen molar-refractivity contribution in [3.63, 3.8) is 0 Å². The Labute approximate surface area is 80.7 Å². The van der Waals surface area contributed by atoms with Crippen molar-refractivity contribution in [1.29, 1.82) is 0 Å². The minimum absolute atomic E-state index is 0.469. The Morgan fingerprint density at radius 1 is 1.29 bits per heavy atom. The van der Waals surface area contributed by atoms with Gasteiger partial charge in [-0.25, -0.2) is 9.78 Å². The minimum Gasteiger partial charge on any atom is -0.351 e. The number of anilines is 1. The monoisotopic (exact) mass is 187 g/mol. The number of rotatable bonds is 1. The van der Waals surface area contributed by atoms with Gasteiger partial charge in [0.25, 0.3) is 0 Å². The van der Waals surface area contributed by atoms with E-state index in [4.69, 9.17) is 5.73 Å². The molecule has 1 aromatic carbocycles. The molecule has 70 valence electrons. The first-order valence-electron chi connectivity index (χ1n) is 4.17. The normalized spacial score (nSPS) is 10.0. The number of hydrogen-bond donors (Lipinski definition) is 2. The lowest BCUT2D eigenvalue weighted by atomic mass is 10.2. The third-order valence-corrected chi connectivity index (χ3v) is 1.88. The van der Waals surface area contributed by atoms with Crippen molar-refractivity contribution >= 4 is 22.6 Å². The van der Waals surface area contributed by atoms with E-state index >= 15 is 0 Å². The number of pyridine rings is 1. The van der Waals surface area contributed by atoms with Crippen LogP contribution in [0.1, 0.15) is 0 Å². The highest BCUT2D eigenvalue weighted by molar-refractivity contribution is 5.90. The Balaban J connectivity index is 2.46. The van der Waals surface area contributed by atoms with Crippen molar-refractivity contribution in [1.82, 2.24) is 4.98 Å². The molecule has 2 aromatic rings. The van der Waals surface area contributed by atoms with Gasteiger partial charge in [-0.1, -0.05) is 24.3 Å². The summed E-state index contributed by atoms with van der Waals surface area (Å²) < 4.78 is 0. The second-order valence-corrected chi connectivity index (χ2v) is 2.91. The van der Waals surface area contributed by atoms with Gasteiger partial charge < -0.3 is 5.73 Å². The van der Waals surface area contributed by atoms with Crippen molar-refractivity contribution in [2.75, 3.05) is 5.32 Å². The van der Waals surface area contributed by atoms with Crippen LogP contribution >= 0.6 is 0 Å². The number of benzene rings is 1. The number of urea groups is 1. The molecule has 4 heteroatoms. The van der Waals surface area contributed by atoms with E-state index in [0.29, 0.717) is 5.82 Å². The molecule has 4 nitrogen and oxygen atoms in total. The first kappa shape index (κ1) is 8.50. The third-order valence-electron chi connectivity index (χ3n) is 1.88. The van der Waals surface area contributed by atoms with E-state index in [1.807, 2.05) is 24.3 Å². The third kappa shape index (κ3) is 1.64. The van der Waals surface area contributed by atoms with E-state index in [1.165, 1.54) is 0 Å². The van der Waals surface area contributed by atoms with Crippen molar-refractivity contribution in [3.8, 4) is 0 Å². The molecular formula is C10H9N3O. The van der Waals surface area contributed by atoms with Gasteiger partial charge in [0.05, 0.1) is 0 Å². The lowest BCUT2D eigenvalue weighted by molar-refractivity contribution is 0.259. The highest BCUT2D eigenvalue weighted by Gasteiger charge is 1.98. The van der Waals surface area contributed by atoms with Gasteiger partial charge in [0.15, 0.2) is 0 Å². The maximum absolute atomic E-state index is 10.6. The molecule has 1 heterocycles. The molecule has 0 aliphatic carbocycles. The Kier molecular flexibility index (Phi) is 2.02. The van der Waals surface area contributed by atoms with Crippen LogP contribution in [0.25, 0.3) is 10.8 Å². The standard InChI is InChI=1S/C10H9N3O/c11-10(14)13-9-5-7-3-1-2-4-8(7)6-12-9/h1-6H,(H3,11,12,13,14). The lowest BCUT2D eigenvalue weighted by Gasteiger charge is -2.01. The summed E-state index contributed by atoms with van der Waals surface area (Å²) in [6.07, 6.45) is 1.70. The Morgan fingerprint density at radius 2 is 2.00 bits per heavy atom. The number of carbonyl (C=O) groups excluding carboxylic acids is 1. The molecule has 0 unspecified atom stereocenters. The highest BCUT2D eigenvalue weighted by Crippen LogP contribution is 2.15. The molecule has 0 radical (unpaired) electrons. The summed E-state index contributed by atoms with van der Waals surface area (Å²) in [7, 11) is 0. The summed E-state index contributed by atoms with van der Waals surface area (Å²) in [5, 5.41) is 4.47. The number of aromatic nitrogens is 1. The van der Waals surface area contributed by atoms with Crippen molar-refractivity contribution < 1.29 is 4.79 Å². The van der Waals surface area contributed by atoms with E-state index in [1.54, 1.807) is 12.3 Å². The molecule has 3 N–H and O–H groups in total. The van der Waals surface area contributed by atoms with E-state index in [9.17, 15) is 4.79 Å². The van der Waals surface area contributed by atoms with Crippen LogP contribution in [0.4, 0.5) is 10.6 Å². The number of carbonyl (C=O) groups is 1. The van der Waals surface area contributed by atoms with E-state index in [0.717, 1.165) is 10.8 Å². The van der Waals surface area contributed by atoms with E-state index in [2.05, 4.69) is 10.3 Å². The van der Waals surface area contributed by atoms with Gasteiger partial charge in [0.2, 0.25) is 0 Å². The summed E-state index contributed by atoms with van der Waals surface area (Å²) in [6, 6.07) is 8.94. The van der Waals surface area contributed by atoms with Crippen molar-refractivity contribution in [3.05, 3.63) is 36.5 Å². The topological polar surface area (TPSA) is 68.0 Å². The van der Waals surface area contributed by atoms with E-state index in [-0.39, 0.29) is 0 Å². The summed E-state index contributed by atoms with van der Waals surface area (Å²) in [4.78, 5) is 14.6. The van der Waals surface area contributed by atoms with Crippen molar-refractivity contribution in [2.45, 2.75) is 0 Å². The Morgan fingerprint density at radius 3 is 2.71 bits per heavy atom. The van der Waals surface area contributed by atoms with Crippen LogP contribution in [0.15, 0.2) is 36.5 Å². The molecule has 0 aliphatic rings. The highest BCUT2D eigenvalue weighted by atomic mass is 16.2. The van der Waals surface area contributed by atoms with Gasteiger partial charge in [-0.15, -0.1) is 0 Å². The zero-order valence-corrected chi connectivity index (χ0v) is 7.40. The summed E-state index contributed by atoms with van der Waals surface area (Å²) in [6.45, 7) is 0. The van der Waals surface area contributed by atoms with E-state index < -0.39 is 6.03 Å². The van der Waals surface area contributed by atoms with Crippen LogP contribution in [-0.4, -0.2) is 11.0 Å². The molecular weight excluding hydrogens is 178 g/mol. The number of nitrogens with one attached hydrogen (secondary N) is 1. The maximum atomic E-state index is 10.6. The molecule has 0 spiro atoms. The van der Waals surface area contributed by atoms with Gasteiger partial charge in [-0.3, -0.25) is 5.32 Å². The van der Waals surface area contributed by atoms with Gasteiger partial charge in [-0.05, 0) is 11.5 Å². The zero-order valence-electron chi connectivity index (χ0n) is 7.40. The fourth-order valence-electron chi connectivity index (χ4n) is 1.28. The SMILES string of the molecule is NC(=O)Nc1cc2ccccc2cn1.